The van der Waals surface area contributed by atoms with Gasteiger partial charge in [0.1, 0.15) is 0 Å². The van der Waals surface area contributed by atoms with Gasteiger partial charge in [-0.3, -0.25) is 0 Å². The fourth-order valence-corrected chi connectivity index (χ4v) is 1.82. The Labute approximate surface area is 102 Å². The summed E-state index contributed by atoms with van der Waals surface area (Å²) in [6, 6.07) is 18.5. The van der Waals surface area contributed by atoms with E-state index in [1.165, 1.54) is 11.1 Å². The maximum Gasteiger partial charge on any atom is 0.0702 e. The van der Waals surface area contributed by atoms with Crippen LogP contribution in [0.4, 0.5) is 0 Å². The number of rotatable bonds is 4. The zero-order valence-corrected chi connectivity index (χ0v) is 9.71. The molecule has 0 aliphatic carbocycles. The van der Waals surface area contributed by atoms with Gasteiger partial charge in [0.25, 0.3) is 0 Å². The van der Waals surface area contributed by atoms with E-state index in [9.17, 15) is 5.11 Å². The van der Waals surface area contributed by atoms with Crippen LogP contribution in [0.2, 0.25) is 0 Å². The molecule has 0 aliphatic rings. The minimum absolute atomic E-state index is 0.306. The Kier molecular flexibility index (Phi) is 3.91. The topological polar surface area (TPSA) is 46.2 Å². The lowest BCUT2D eigenvalue weighted by molar-refractivity contribution is 0.183. The first-order chi connectivity index (χ1) is 8.29. The molecule has 0 heterocycles. The standard InChI is InChI=1S/C15H17NO/c16-11-15(17)10-12-6-8-14(9-7-12)13-4-2-1-3-5-13/h1-9,15,17H,10-11,16H2. The summed E-state index contributed by atoms with van der Waals surface area (Å²) in [5, 5.41) is 9.47. The van der Waals surface area contributed by atoms with E-state index in [0.717, 1.165) is 5.56 Å². The van der Waals surface area contributed by atoms with Crippen LogP contribution in [0.25, 0.3) is 11.1 Å². The number of hydrogen-bond donors (Lipinski definition) is 2. The Morgan fingerprint density at radius 2 is 1.47 bits per heavy atom. The second kappa shape index (κ2) is 5.62. The molecule has 1 unspecified atom stereocenters. The average molecular weight is 227 g/mol. The zero-order chi connectivity index (χ0) is 12.1. The van der Waals surface area contributed by atoms with Crippen molar-refractivity contribution >= 4 is 0 Å². The molecule has 0 radical (unpaired) electrons. The second-order valence-electron chi connectivity index (χ2n) is 4.16. The van der Waals surface area contributed by atoms with Gasteiger partial charge in [0, 0.05) is 6.54 Å². The van der Waals surface area contributed by atoms with Crippen molar-refractivity contribution in [3.05, 3.63) is 60.2 Å². The van der Waals surface area contributed by atoms with E-state index in [1.54, 1.807) is 0 Å². The van der Waals surface area contributed by atoms with E-state index in [-0.39, 0.29) is 0 Å². The van der Waals surface area contributed by atoms with Crippen molar-refractivity contribution in [1.29, 1.82) is 0 Å². The van der Waals surface area contributed by atoms with Crippen LogP contribution in [0.1, 0.15) is 5.56 Å². The van der Waals surface area contributed by atoms with Crippen molar-refractivity contribution < 1.29 is 5.11 Å². The van der Waals surface area contributed by atoms with Crippen LogP contribution in [-0.2, 0) is 6.42 Å². The van der Waals surface area contributed by atoms with Crippen molar-refractivity contribution in [2.24, 2.45) is 5.73 Å². The van der Waals surface area contributed by atoms with Gasteiger partial charge in [-0.05, 0) is 23.1 Å². The largest absolute Gasteiger partial charge is 0.391 e. The van der Waals surface area contributed by atoms with Gasteiger partial charge < -0.3 is 10.8 Å². The maximum atomic E-state index is 9.47. The summed E-state index contributed by atoms with van der Waals surface area (Å²) >= 11 is 0. The molecule has 0 saturated carbocycles. The predicted molar refractivity (Wildman–Crippen MR) is 70.6 cm³/mol. The molecule has 2 aromatic carbocycles. The Morgan fingerprint density at radius 1 is 0.882 bits per heavy atom. The van der Waals surface area contributed by atoms with Crippen LogP contribution < -0.4 is 5.73 Å². The lowest BCUT2D eigenvalue weighted by atomic mass is 10.0. The highest BCUT2D eigenvalue weighted by atomic mass is 16.3. The smallest absolute Gasteiger partial charge is 0.0702 e. The summed E-state index contributed by atoms with van der Waals surface area (Å²) in [5.41, 5.74) is 8.90. The lowest BCUT2D eigenvalue weighted by Crippen LogP contribution is -2.21. The van der Waals surface area contributed by atoms with E-state index in [2.05, 4.69) is 24.3 Å². The van der Waals surface area contributed by atoms with Crippen LogP contribution in [-0.4, -0.2) is 17.8 Å². The molecule has 3 N–H and O–H groups in total. The van der Waals surface area contributed by atoms with E-state index < -0.39 is 6.10 Å². The Hall–Kier alpha value is -1.64. The second-order valence-corrected chi connectivity index (χ2v) is 4.16. The zero-order valence-electron chi connectivity index (χ0n) is 9.71. The van der Waals surface area contributed by atoms with Gasteiger partial charge in [0.2, 0.25) is 0 Å². The summed E-state index contributed by atoms with van der Waals surface area (Å²) in [4.78, 5) is 0. The number of hydrogen-bond acceptors (Lipinski definition) is 2. The van der Waals surface area contributed by atoms with E-state index >= 15 is 0 Å². The van der Waals surface area contributed by atoms with Crippen LogP contribution in [0.15, 0.2) is 54.6 Å². The Bertz CT molecular complexity index is 450. The van der Waals surface area contributed by atoms with Crippen molar-refractivity contribution in [1.82, 2.24) is 0 Å². The van der Waals surface area contributed by atoms with Gasteiger partial charge in [0.15, 0.2) is 0 Å². The van der Waals surface area contributed by atoms with Crippen LogP contribution in [0.3, 0.4) is 0 Å². The first-order valence-corrected chi connectivity index (χ1v) is 5.82. The summed E-state index contributed by atoms with van der Waals surface area (Å²) in [5.74, 6) is 0. The number of benzene rings is 2. The molecule has 2 aromatic rings. The normalized spacial score (nSPS) is 12.4. The number of aliphatic hydroxyl groups excluding tert-OH is 1. The van der Waals surface area contributed by atoms with E-state index in [0.29, 0.717) is 13.0 Å². The van der Waals surface area contributed by atoms with Gasteiger partial charge in [-0.25, -0.2) is 0 Å². The van der Waals surface area contributed by atoms with Crippen molar-refractivity contribution in [2.45, 2.75) is 12.5 Å². The Morgan fingerprint density at radius 3 is 2.06 bits per heavy atom. The molecule has 2 rings (SSSR count). The molecule has 0 bridgehead atoms. The van der Waals surface area contributed by atoms with Gasteiger partial charge >= 0.3 is 0 Å². The molecule has 2 nitrogen and oxygen atoms in total. The third-order valence-corrected chi connectivity index (χ3v) is 2.80. The van der Waals surface area contributed by atoms with Gasteiger partial charge in [-0.15, -0.1) is 0 Å². The highest BCUT2D eigenvalue weighted by Gasteiger charge is 2.03. The first-order valence-electron chi connectivity index (χ1n) is 5.82. The van der Waals surface area contributed by atoms with E-state index in [1.807, 2.05) is 30.3 Å². The minimum atomic E-state index is -0.447. The third-order valence-electron chi connectivity index (χ3n) is 2.80. The van der Waals surface area contributed by atoms with Crippen molar-refractivity contribution in [2.75, 3.05) is 6.54 Å². The molecule has 0 aromatic heterocycles. The average Bonchev–Trinajstić information content (AvgIpc) is 2.40. The van der Waals surface area contributed by atoms with Crippen LogP contribution in [0.5, 0.6) is 0 Å². The fourth-order valence-electron chi connectivity index (χ4n) is 1.82. The minimum Gasteiger partial charge on any atom is -0.391 e. The molecule has 0 aliphatic heterocycles. The predicted octanol–water partition coefficient (Wildman–Crippen LogP) is 2.22. The fraction of sp³-hybridized carbons (Fsp3) is 0.200. The monoisotopic (exact) mass is 227 g/mol. The molecule has 0 amide bonds. The summed E-state index contributed by atoms with van der Waals surface area (Å²) in [6.45, 7) is 0.306. The molecule has 2 heteroatoms. The third kappa shape index (κ3) is 3.16. The SMILES string of the molecule is NCC(O)Cc1ccc(-c2ccccc2)cc1. The molecule has 1 atom stereocenters. The highest BCUT2D eigenvalue weighted by Crippen LogP contribution is 2.19. The molecule has 17 heavy (non-hydrogen) atoms. The van der Waals surface area contributed by atoms with E-state index in [4.69, 9.17) is 5.73 Å². The molecule has 88 valence electrons. The Balaban J connectivity index is 2.13. The van der Waals surface area contributed by atoms with Gasteiger partial charge in [0.05, 0.1) is 6.10 Å². The number of nitrogens with two attached hydrogens (primary N) is 1. The first kappa shape index (κ1) is 11.8. The van der Waals surface area contributed by atoms with Crippen molar-refractivity contribution in [3.63, 3.8) is 0 Å². The molecular formula is C15H17NO. The highest BCUT2D eigenvalue weighted by molar-refractivity contribution is 5.63. The number of aliphatic hydroxyl groups is 1. The van der Waals surface area contributed by atoms with Crippen LogP contribution >= 0.6 is 0 Å². The summed E-state index contributed by atoms with van der Waals surface area (Å²) in [7, 11) is 0. The maximum absolute atomic E-state index is 9.47. The quantitative estimate of drug-likeness (QED) is 0.841. The molecule has 0 fully saturated rings. The summed E-state index contributed by atoms with van der Waals surface area (Å²) < 4.78 is 0. The van der Waals surface area contributed by atoms with Gasteiger partial charge in [-0.1, -0.05) is 54.6 Å². The summed E-state index contributed by atoms with van der Waals surface area (Å²) in [6.07, 6.45) is 0.170. The van der Waals surface area contributed by atoms with Crippen LogP contribution in [0, 0.1) is 0 Å². The molecule has 0 saturated heterocycles. The molecule has 0 spiro atoms. The van der Waals surface area contributed by atoms with Crippen molar-refractivity contribution in [3.8, 4) is 11.1 Å². The van der Waals surface area contributed by atoms with Gasteiger partial charge in [-0.2, -0.15) is 0 Å². The lowest BCUT2D eigenvalue weighted by Gasteiger charge is -2.08. The molecular weight excluding hydrogens is 210 g/mol.